The van der Waals surface area contributed by atoms with E-state index >= 15 is 0 Å². The molecule has 3 unspecified atom stereocenters. The van der Waals surface area contributed by atoms with E-state index in [4.69, 9.17) is 4.74 Å². The maximum atomic E-state index is 12.7. The number of aliphatic hydroxyl groups excluding tert-OH is 1. The minimum absolute atomic E-state index is 0.0374. The molecule has 3 heteroatoms. The van der Waals surface area contributed by atoms with Crippen LogP contribution in [0, 0.1) is 34.5 Å². The normalized spacial score (nSPS) is 45.8. The number of rotatable bonds is 2. The van der Waals surface area contributed by atoms with Gasteiger partial charge in [-0.3, -0.25) is 0 Å². The van der Waals surface area contributed by atoms with Crippen molar-refractivity contribution < 1.29 is 14.6 Å². The summed E-state index contributed by atoms with van der Waals surface area (Å²) in [6.07, 6.45) is 12.1. The highest BCUT2D eigenvalue weighted by Crippen LogP contribution is 2.65. The molecule has 0 aliphatic heterocycles. The molecule has 1 aromatic carbocycles. The summed E-state index contributed by atoms with van der Waals surface area (Å²) in [7, 11) is 0. The molecule has 29 heavy (non-hydrogen) atoms. The number of hydrogen-bond acceptors (Lipinski definition) is 3. The Bertz CT molecular complexity index is 801. The zero-order valence-electron chi connectivity index (χ0n) is 17.7. The number of esters is 1. The molecule has 0 aromatic heterocycles. The van der Waals surface area contributed by atoms with Crippen molar-refractivity contribution in [3.05, 3.63) is 48.0 Å². The predicted octanol–water partition coefficient (Wildman–Crippen LogP) is 5.39. The van der Waals surface area contributed by atoms with Crippen molar-refractivity contribution in [1.29, 1.82) is 0 Å². The molecular formula is C26H34O3. The van der Waals surface area contributed by atoms with Crippen LogP contribution >= 0.6 is 0 Å². The van der Waals surface area contributed by atoms with E-state index in [0.29, 0.717) is 23.3 Å². The number of allylic oxidation sites excluding steroid dienone is 1. The Morgan fingerprint density at radius 1 is 1.03 bits per heavy atom. The average molecular weight is 395 g/mol. The molecule has 0 amide bonds. The van der Waals surface area contributed by atoms with Crippen LogP contribution in [-0.2, 0) is 4.74 Å². The first-order chi connectivity index (χ1) is 13.9. The summed E-state index contributed by atoms with van der Waals surface area (Å²) in [5, 5.41) is 10.1. The van der Waals surface area contributed by atoms with E-state index in [-0.39, 0.29) is 29.0 Å². The number of carbonyl (C=O) groups is 1. The van der Waals surface area contributed by atoms with Crippen molar-refractivity contribution in [2.45, 2.75) is 71.0 Å². The van der Waals surface area contributed by atoms with E-state index in [2.05, 4.69) is 19.9 Å². The number of hydrogen-bond donors (Lipinski definition) is 1. The molecule has 4 aliphatic carbocycles. The quantitative estimate of drug-likeness (QED) is 0.540. The van der Waals surface area contributed by atoms with Crippen LogP contribution in [0.2, 0.25) is 0 Å². The smallest absolute Gasteiger partial charge is 0.338 e. The molecule has 1 aromatic rings. The molecular weight excluding hydrogens is 360 g/mol. The van der Waals surface area contributed by atoms with Crippen LogP contribution in [0.15, 0.2) is 42.5 Å². The number of benzene rings is 1. The average Bonchev–Trinajstić information content (AvgIpc) is 3.05. The van der Waals surface area contributed by atoms with E-state index in [1.165, 1.54) is 25.7 Å². The van der Waals surface area contributed by atoms with Gasteiger partial charge in [-0.15, -0.1) is 0 Å². The Morgan fingerprint density at radius 2 is 1.83 bits per heavy atom. The van der Waals surface area contributed by atoms with Gasteiger partial charge in [-0.25, -0.2) is 4.79 Å². The monoisotopic (exact) mass is 394 g/mol. The summed E-state index contributed by atoms with van der Waals surface area (Å²) in [6, 6.07) is 9.42. The lowest BCUT2D eigenvalue weighted by Gasteiger charge is -2.59. The number of aliphatic hydroxyl groups is 1. The fourth-order valence-electron chi connectivity index (χ4n) is 7.71. The summed E-state index contributed by atoms with van der Waals surface area (Å²) in [5.74, 6) is 2.51. The third-order valence-corrected chi connectivity index (χ3v) is 9.34. The lowest BCUT2D eigenvalue weighted by molar-refractivity contribution is -0.103. The highest BCUT2D eigenvalue weighted by Gasteiger charge is 2.60. The topological polar surface area (TPSA) is 46.5 Å². The predicted molar refractivity (Wildman–Crippen MR) is 113 cm³/mol. The SMILES string of the molecule is C[C@]12C=CC(O)CC1CC[C@@H]1[C@@H]2CC[C@]2(C)C(OC(=O)c3ccccc3)CC[C@@H]12. The second kappa shape index (κ2) is 6.97. The summed E-state index contributed by atoms with van der Waals surface area (Å²) in [6.45, 7) is 4.83. The minimum atomic E-state index is -0.258. The Morgan fingerprint density at radius 3 is 2.62 bits per heavy atom. The number of fused-ring (bicyclic) bond motifs is 5. The highest BCUT2D eigenvalue weighted by atomic mass is 16.5. The Kier molecular flexibility index (Phi) is 4.66. The number of carbonyl (C=O) groups excluding carboxylic acids is 1. The standard InChI is InChI=1S/C26H34O3/c1-25-14-12-19(27)16-18(25)8-9-20-21-10-11-23(26(21,2)15-13-22(20)25)29-24(28)17-6-4-3-5-7-17/h3-7,12,14,18-23,27H,8-11,13,15-16H2,1-2H3/t18?,19?,20-,21-,22-,23?,25-,26-/m0/s1. The van der Waals surface area contributed by atoms with Gasteiger partial charge in [0.15, 0.2) is 0 Å². The lowest BCUT2D eigenvalue weighted by Crippen LogP contribution is -2.53. The second-order valence-electron chi connectivity index (χ2n) is 10.6. The fourth-order valence-corrected chi connectivity index (χ4v) is 7.71. The van der Waals surface area contributed by atoms with Gasteiger partial charge in [-0.05, 0) is 86.2 Å². The molecule has 0 bridgehead atoms. The molecule has 0 saturated heterocycles. The van der Waals surface area contributed by atoms with Crippen LogP contribution in [0.4, 0.5) is 0 Å². The molecule has 0 heterocycles. The largest absolute Gasteiger partial charge is 0.458 e. The zero-order chi connectivity index (χ0) is 20.2. The van der Waals surface area contributed by atoms with Gasteiger partial charge in [0, 0.05) is 5.41 Å². The summed E-state index contributed by atoms with van der Waals surface area (Å²) < 4.78 is 6.11. The van der Waals surface area contributed by atoms with Crippen LogP contribution in [0.3, 0.4) is 0 Å². The summed E-state index contributed by atoms with van der Waals surface area (Å²) in [4.78, 5) is 12.7. The van der Waals surface area contributed by atoms with Gasteiger partial charge in [0.2, 0.25) is 0 Å². The fraction of sp³-hybridized carbons (Fsp3) is 0.654. The van der Waals surface area contributed by atoms with Crippen molar-refractivity contribution in [1.82, 2.24) is 0 Å². The van der Waals surface area contributed by atoms with Gasteiger partial charge < -0.3 is 9.84 Å². The van der Waals surface area contributed by atoms with Crippen molar-refractivity contribution >= 4 is 5.97 Å². The maximum absolute atomic E-state index is 12.7. The van der Waals surface area contributed by atoms with Gasteiger partial charge in [0.25, 0.3) is 0 Å². The first-order valence-corrected chi connectivity index (χ1v) is 11.6. The minimum Gasteiger partial charge on any atom is -0.458 e. The van der Waals surface area contributed by atoms with Crippen LogP contribution in [0.5, 0.6) is 0 Å². The Hall–Kier alpha value is -1.61. The van der Waals surface area contributed by atoms with E-state index in [1.54, 1.807) is 0 Å². The molecule has 8 atom stereocenters. The molecule has 3 saturated carbocycles. The van der Waals surface area contributed by atoms with Crippen LogP contribution in [0.25, 0.3) is 0 Å². The van der Waals surface area contributed by atoms with E-state index in [9.17, 15) is 9.90 Å². The third kappa shape index (κ3) is 3.00. The van der Waals surface area contributed by atoms with Gasteiger partial charge in [-0.2, -0.15) is 0 Å². The van der Waals surface area contributed by atoms with Crippen molar-refractivity contribution in [2.24, 2.45) is 34.5 Å². The molecule has 3 nitrogen and oxygen atoms in total. The first-order valence-electron chi connectivity index (χ1n) is 11.6. The highest BCUT2D eigenvalue weighted by molar-refractivity contribution is 5.89. The van der Waals surface area contributed by atoms with Crippen LogP contribution in [-0.4, -0.2) is 23.3 Å². The van der Waals surface area contributed by atoms with Crippen molar-refractivity contribution in [3.63, 3.8) is 0 Å². The van der Waals surface area contributed by atoms with E-state index in [0.717, 1.165) is 25.2 Å². The summed E-state index contributed by atoms with van der Waals surface area (Å²) >= 11 is 0. The summed E-state index contributed by atoms with van der Waals surface area (Å²) in [5.41, 5.74) is 0.988. The third-order valence-electron chi connectivity index (χ3n) is 9.34. The van der Waals surface area contributed by atoms with E-state index in [1.807, 2.05) is 36.4 Å². The molecule has 0 radical (unpaired) electrons. The zero-order valence-corrected chi connectivity index (χ0v) is 17.7. The van der Waals surface area contributed by atoms with Gasteiger partial charge in [0.05, 0.1) is 11.7 Å². The van der Waals surface area contributed by atoms with Gasteiger partial charge in [0.1, 0.15) is 6.10 Å². The molecule has 3 fully saturated rings. The second-order valence-corrected chi connectivity index (χ2v) is 10.6. The molecule has 1 N–H and O–H groups in total. The van der Waals surface area contributed by atoms with Crippen molar-refractivity contribution in [3.8, 4) is 0 Å². The molecule has 156 valence electrons. The Labute approximate surface area is 174 Å². The Balaban J connectivity index is 1.36. The number of ether oxygens (including phenoxy) is 1. The maximum Gasteiger partial charge on any atom is 0.338 e. The van der Waals surface area contributed by atoms with Crippen LogP contribution < -0.4 is 0 Å². The van der Waals surface area contributed by atoms with Crippen LogP contribution in [0.1, 0.15) is 69.2 Å². The first kappa shape index (κ1) is 19.4. The van der Waals surface area contributed by atoms with Gasteiger partial charge in [-0.1, -0.05) is 44.2 Å². The molecule has 4 aliphatic rings. The van der Waals surface area contributed by atoms with Crippen molar-refractivity contribution in [2.75, 3.05) is 0 Å². The van der Waals surface area contributed by atoms with E-state index < -0.39 is 0 Å². The van der Waals surface area contributed by atoms with Gasteiger partial charge >= 0.3 is 5.97 Å². The lowest BCUT2D eigenvalue weighted by atomic mass is 9.46. The molecule has 5 rings (SSSR count). The molecule has 0 spiro atoms.